The van der Waals surface area contributed by atoms with Crippen LogP contribution in [0.15, 0.2) is 71.1 Å². The summed E-state index contributed by atoms with van der Waals surface area (Å²) in [5.74, 6) is 0. The van der Waals surface area contributed by atoms with Crippen molar-refractivity contribution >= 4 is 24.3 Å². The molecule has 0 aliphatic rings. The molecule has 0 fully saturated rings. The zero-order valence-electron chi connectivity index (χ0n) is 13.6. The first-order valence-electron chi connectivity index (χ1n) is 7.68. The van der Waals surface area contributed by atoms with Gasteiger partial charge in [-0.3, -0.25) is 4.57 Å². The molecule has 128 valence electrons. The van der Waals surface area contributed by atoms with E-state index in [1.54, 1.807) is 38.1 Å². The van der Waals surface area contributed by atoms with E-state index in [-0.39, 0.29) is 18.1 Å². The molecule has 0 aromatic heterocycles. The van der Waals surface area contributed by atoms with Crippen LogP contribution in [0.3, 0.4) is 0 Å². The molecular weight excluding hydrogens is 346 g/mol. The van der Waals surface area contributed by atoms with Crippen LogP contribution in [-0.4, -0.2) is 13.2 Å². The maximum absolute atomic E-state index is 15.2. The van der Waals surface area contributed by atoms with E-state index in [1.807, 2.05) is 36.4 Å². The largest absolute Gasteiger partial charge is 0.390 e. The van der Waals surface area contributed by atoms with Crippen LogP contribution in [0.5, 0.6) is 0 Å². The van der Waals surface area contributed by atoms with E-state index in [0.29, 0.717) is 5.56 Å². The van der Waals surface area contributed by atoms with E-state index in [0.717, 1.165) is 4.90 Å². The molecule has 0 aliphatic heterocycles. The van der Waals surface area contributed by atoms with E-state index in [4.69, 9.17) is 9.05 Å². The molecule has 0 aliphatic carbocycles. The Morgan fingerprint density at radius 3 is 1.96 bits per heavy atom. The van der Waals surface area contributed by atoms with Crippen LogP contribution in [-0.2, 0) is 13.6 Å². The monoisotopic (exact) mass is 366 g/mol. The first kappa shape index (κ1) is 18.9. The maximum Gasteiger partial charge on any atom is 0.390 e. The second kappa shape index (κ2) is 9.19. The van der Waals surface area contributed by atoms with E-state index < -0.39 is 13.2 Å². The summed E-state index contributed by atoms with van der Waals surface area (Å²) in [6.45, 7) is 3.52. The van der Waals surface area contributed by atoms with Crippen molar-refractivity contribution in [2.24, 2.45) is 0 Å². The highest BCUT2D eigenvalue weighted by Gasteiger charge is 2.34. The third-order valence-electron chi connectivity index (χ3n) is 3.03. The lowest BCUT2D eigenvalue weighted by molar-refractivity contribution is 0.220. The predicted octanol–water partition coefficient (Wildman–Crippen LogP) is 6.34. The van der Waals surface area contributed by atoms with Gasteiger partial charge in [0.05, 0.1) is 18.1 Å². The number of thioether (sulfide) groups is 1. The maximum atomic E-state index is 15.2. The second-order valence-corrected chi connectivity index (χ2v) is 7.72. The topological polar surface area (TPSA) is 35.5 Å². The van der Waals surface area contributed by atoms with Crippen LogP contribution in [0.2, 0.25) is 0 Å². The van der Waals surface area contributed by atoms with E-state index in [2.05, 4.69) is 0 Å². The fraction of sp³-hybridized carbons (Fsp3) is 0.222. The molecule has 3 nitrogen and oxygen atoms in total. The van der Waals surface area contributed by atoms with Crippen LogP contribution in [0.1, 0.15) is 19.4 Å². The van der Waals surface area contributed by atoms with Crippen LogP contribution in [0.4, 0.5) is 4.39 Å². The first-order valence-corrected chi connectivity index (χ1v) is 10.0. The van der Waals surface area contributed by atoms with E-state index in [9.17, 15) is 4.57 Å². The van der Waals surface area contributed by atoms with Gasteiger partial charge < -0.3 is 9.05 Å². The van der Waals surface area contributed by atoms with Gasteiger partial charge in [0.1, 0.15) is 0 Å². The highest BCUT2D eigenvalue weighted by Crippen LogP contribution is 2.61. The number of halogens is 1. The molecule has 0 unspecified atom stereocenters. The Hall–Kier alpha value is -1.39. The molecule has 0 N–H and O–H groups in total. The summed E-state index contributed by atoms with van der Waals surface area (Å²) >= 11 is 1.20. The van der Waals surface area contributed by atoms with Gasteiger partial charge in [0, 0.05) is 4.90 Å². The van der Waals surface area contributed by atoms with Crippen molar-refractivity contribution in [2.45, 2.75) is 18.7 Å². The van der Waals surface area contributed by atoms with Gasteiger partial charge in [-0.25, -0.2) is 0 Å². The van der Waals surface area contributed by atoms with Gasteiger partial charge in [0.15, 0.2) is 0 Å². The Kier molecular flexibility index (Phi) is 7.25. The van der Waals surface area contributed by atoms with Crippen molar-refractivity contribution in [2.75, 3.05) is 13.2 Å². The molecule has 0 radical (unpaired) electrons. The minimum absolute atomic E-state index is 0.1000. The minimum Gasteiger partial charge on any atom is -0.304 e. The second-order valence-electron chi connectivity index (χ2n) is 4.73. The zero-order chi connectivity index (χ0) is 17.4. The number of hydrogen-bond acceptors (Lipinski definition) is 4. The highest BCUT2D eigenvalue weighted by atomic mass is 32.2. The number of benzene rings is 2. The van der Waals surface area contributed by atoms with Gasteiger partial charge in [-0.15, -0.1) is 0 Å². The molecule has 0 saturated heterocycles. The summed E-state index contributed by atoms with van der Waals surface area (Å²) in [6.07, 6.45) is 0. The van der Waals surface area contributed by atoms with Crippen molar-refractivity contribution in [3.8, 4) is 0 Å². The Bertz CT molecular complexity index is 710. The summed E-state index contributed by atoms with van der Waals surface area (Å²) in [4.78, 5) is 1.08. The van der Waals surface area contributed by atoms with Crippen LogP contribution in [0, 0.1) is 0 Å². The summed E-state index contributed by atoms with van der Waals surface area (Å²) in [7, 11) is -3.98. The lowest BCUT2D eigenvalue weighted by Gasteiger charge is -2.18. The molecule has 0 bridgehead atoms. The molecule has 2 rings (SSSR count). The van der Waals surface area contributed by atoms with Crippen molar-refractivity contribution in [1.82, 2.24) is 0 Å². The molecule has 24 heavy (non-hydrogen) atoms. The van der Waals surface area contributed by atoms with E-state index in [1.165, 1.54) is 11.8 Å². The normalized spacial score (nSPS) is 12.8. The summed E-state index contributed by atoms with van der Waals surface area (Å²) in [5.41, 5.74) is -0.227. The average Bonchev–Trinajstić information content (AvgIpc) is 2.61. The standard InChI is InChI=1S/C18H20FO3PS/c1-3-21-23(20,22-4-2)18(19)17(15-11-7-5-8-12-15)24-16-13-9-6-10-14-16/h5-14H,3-4H2,1-2H3/b18-17-. The molecule has 0 saturated carbocycles. The number of hydrogen-bond donors (Lipinski definition) is 0. The van der Waals surface area contributed by atoms with Gasteiger partial charge in [-0.05, 0) is 31.5 Å². The Morgan fingerprint density at radius 1 is 0.958 bits per heavy atom. The quantitative estimate of drug-likeness (QED) is 0.403. The fourth-order valence-electron chi connectivity index (χ4n) is 2.03. The number of rotatable bonds is 8. The Morgan fingerprint density at radius 2 is 1.46 bits per heavy atom. The van der Waals surface area contributed by atoms with Gasteiger partial charge in [-0.1, -0.05) is 60.3 Å². The smallest absolute Gasteiger partial charge is 0.304 e. The van der Waals surface area contributed by atoms with Crippen molar-refractivity contribution in [3.05, 3.63) is 71.8 Å². The van der Waals surface area contributed by atoms with Crippen LogP contribution >= 0.6 is 19.4 Å². The zero-order valence-corrected chi connectivity index (χ0v) is 15.4. The lowest BCUT2D eigenvalue weighted by Crippen LogP contribution is -1.98. The molecule has 0 atom stereocenters. The summed E-state index contributed by atoms with van der Waals surface area (Å²) in [5, 5.41) is 0. The van der Waals surface area contributed by atoms with Gasteiger partial charge in [-0.2, -0.15) is 4.39 Å². The average molecular weight is 366 g/mol. The van der Waals surface area contributed by atoms with Crippen molar-refractivity contribution in [1.29, 1.82) is 0 Å². The van der Waals surface area contributed by atoms with Gasteiger partial charge in [0.25, 0.3) is 0 Å². The molecule has 6 heteroatoms. The Balaban J connectivity index is 2.53. The third kappa shape index (κ3) is 4.81. The predicted molar refractivity (Wildman–Crippen MR) is 97.6 cm³/mol. The summed E-state index contributed by atoms with van der Waals surface area (Å²) < 4.78 is 38.4. The molecule has 2 aromatic carbocycles. The SMILES string of the molecule is CCOP(=O)(OCC)/C(F)=C(\Sc1ccccc1)c1ccccc1. The lowest BCUT2D eigenvalue weighted by atomic mass is 10.2. The summed E-state index contributed by atoms with van der Waals surface area (Å²) in [6, 6.07) is 18.4. The minimum atomic E-state index is -3.98. The van der Waals surface area contributed by atoms with E-state index >= 15 is 4.39 Å². The fourth-order valence-corrected chi connectivity index (χ4v) is 4.73. The van der Waals surface area contributed by atoms with Gasteiger partial charge >= 0.3 is 7.60 Å². The van der Waals surface area contributed by atoms with Crippen molar-refractivity contribution < 1.29 is 18.0 Å². The highest BCUT2D eigenvalue weighted by molar-refractivity contribution is 8.08. The molecule has 0 amide bonds. The Labute approximate surface area is 146 Å². The molecule has 0 spiro atoms. The van der Waals surface area contributed by atoms with Gasteiger partial charge in [0.2, 0.25) is 5.57 Å². The molecule has 2 aromatic rings. The molecule has 0 heterocycles. The van der Waals surface area contributed by atoms with Crippen LogP contribution < -0.4 is 0 Å². The van der Waals surface area contributed by atoms with Crippen LogP contribution in [0.25, 0.3) is 4.91 Å². The third-order valence-corrected chi connectivity index (χ3v) is 6.20. The molecular formula is C18H20FO3PS. The van der Waals surface area contributed by atoms with Crippen molar-refractivity contribution in [3.63, 3.8) is 0 Å². The first-order chi connectivity index (χ1) is 11.6.